The molecule has 0 spiro atoms. The Kier molecular flexibility index (Phi) is 4.71. The van der Waals surface area contributed by atoms with Gasteiger partial charge in [0.2, 0.25) is 5.89 Å². The van der Waals surface area contributed by atoms with Gasteiger partial charge in [-0.05, 0) is 42.7 Å². The smallest absolute Gasteiger partial charge is 0.317 e. The zero-order valence-corrected chi connectivity index (χ0v) is 14.7. The molecule has 1 fully saturated rings. The fourth-order valence-electron chi connectivity index (χ4n) is 3.63. The third-order valence-corrected chi connectivity index (χ3v) is 5.06. The maximum atomic E-state index is 13.3. The summed E-state index contributed by atoms with van der Waals surface area (Å²) >= 11 is 0. The Morgan fingerprint density at radius 1 is 1.04 bits per heavy atom. The van der Waals surface area contributed by atoms with Gasteiger partial charge in [0.15, 0.2) is 6.61 Å². The number of benzene rings is 2. The van der Waals surface area contributed by atoms with E-state index in [4.69, 9.17) is 9.15 Å². The van der Waals surface area contributed by atoms with Crippen molar-refractivity contribution in [1.29, 1.82) is 0 Å². The third kappa shape index (κ3) is 3.47. The quantitative estimate of drug-likeness (QED) is 0.625. The van der Waals surface area contributed by atoms with Gasteiger partial charge in [-0.15, -0.1) is 10.2 Å². The van der Waals surface area contributed by atoms with Crippen LogP contribution in [0.25, 0.3) is 11.5 Å². The molecule has 4 rings (SSSR count). The topological polar surface area (TPSA) is 65.2 Å². The summed E-state index contributed by atoms with van der Waals surface area (Å²) < 4.78 is 24.4. The maximum Gasteiger partial charge on any atom is 0.317 e. The number of ether oxygens (including phenoxy) is 1. The highest BCUT2D eigenvalue weighted by Gasteiger charge is 2.44. The van der Waals surface area contributed by atoms with Gasteiger partial charge in [0, 0.05) is 5.56 Å². The lowest BCUT2D eigenvalue weighted by atomic mass is 9.79. The molecule has 0 N–H and O–H groups in total. The number of esters is 1. The van der Waals surface area contributed by atoms with Crippen molar-refractivity contribution in [3.05, 3.63) is 71.9 Å². The van der Waals surface area contributed by atoms with E-state index in [2.05, 4.69) is 10.2 Å². The molecule has 1 aliphatic rings. The van der Waals surface area contributed by atoms with Crippen molar-refractivity contribution in [3.8, 4) is 11.5 Å². The van der Waals surface area contributed by atoms with E-state index in [1.807, 2.05) is 30.3 Å². The number of rotatable bonds is 5. The van der Waals surface area contributed by atoms with Crippen molar-refractivity contribution >= 4 is 5.97 Å². The fraction of sp³-hybridized carbons (Fsp3) is 0.286. The van der Waals surface area contributed by atoms with E-state index in [1.54, 1.807) is 12.1 Å². The summed E-state index contributed by atoms with van der Waals surface area (Å²) in [5.41, 5.74) is 0.874. The Morgan fingerprint density at radius 3 is 2.44 bits per heavy atom. The predicted octanol–water partition coefficient (Wildman–Crippen LogP) is 4.43. The molecule has 0 radical (unpaired) electrons. The van der Waals surface area contributed by atoms with E-state index >= 15 is 0 Å². The van der Waals surface area contributed by atoms with Gasteiger partial charge in [-0.3, -0.25) is 4.79 Å². The van der Waals surface area contributed by atoms with Gasteiger partial charge in [-0.2, -0.15) is 0 Å². The third-order valence-electron chi connectivity index (χ3n) is 5.06. The maximum absolute atomic E-state index is 13.3. The fourth-order valence-corrected chi connectivity index (χ4v) is 3.63. The summed E-state index contributed by atoms with van der Waals surface area (Å²) in [4.78, 5) is 12.9. The highest BCUT2D eigenvalue weighted by Crippen LogP contribution is 2.42. The molecule has 1 aromatic heterocycles. The Bertz CT molecular complexity index is 916. The second-order valence-corrected chi connectivity index (χ2v) is 6.74. The van der Waals surface area contributed by atoms with Gasteiger partial charge in [0.25, 0.3) is 5.89 Å². The van der Waals surface area contributed by atoms with E-state index < -0.39 is 5.41 Å². The second kappa shape index (κ2) is 7.31. The van der Waals surface area contributed by atoms with E-state index in [0.717, 1.165) is 24.0 Å². The lowest BCUT2D eigenvalue weighted by Crippen LogP contribution is -2.34. The largest absolute Gasteiger partial charge is 0.455 e. The van der Waals surface area contributed by atoms with Crippen molar-refractivity contribution in [2.75, 3.05) is 0 Å². The van der Waals surface area contributed by atoms with Crippen LogP contribution in [0.3, 0.4) is 0 Å². The van der Waals surface area contributed by atoms with Crippen LogP contribution in [0.15, 0.2) is 59.0 Å². The molecular formula is C21H19FN2O3. The van der Waals surface area contributed by atoms with Gasteiger partial charge in [-0.1, -0.05) is 43.2 Å². The molecule has 27 heavy (non-hydrogen) atoms. The normalized spacial score (nSPS) is 15.6. The minimum absolute atomic E-state index is 0.0817. The minimum atomic E-state index is -0.726. The number of halogens is 1. The van der Waals surface area contributed by atoms with Crippen LogP contribution in [0.5, 0.6) is 0 Å². The van der Waals surface area contributed by atoms with Crippen LogP contribution < -0.4 is 0 Å². The zero-order chi connectivity index (χ0) is 18.7. The van der Waals surface area contributed by atoms with Gasteiger partial charge in [-0.25, -0.2) is 4.39 Å². The Balaban J connectivity index is 1.48. The number of carbonyl (C=O) groups is 1. The molecule has 3 aromatic rings. The molecule has 138 valence electrons. The molecule has 2 aromatic carbocycles. The average Bonchev–Trinajstić information content (AvgIpc) is 3.38. The molecule has 0 aliphatic heterocycles. The van der Waals surface area contributed by atoms with Crippen molar-refractivity contribution < 1.29 is 18.3 Å². The van der Waals surface area contributed by atoms with Crippen LogP contribution in [0, 0.1) is 5.82 Å². The first kappa shape index (κ1) is 17.4. The van der Waals surface area contributed by atoms with Crippen LogP contribution >= 0.6 is 0 Å². The van der Waals surface area contributed by atoms with Crippen LogP contribution in [0.2, 0.25) is 0 Å². The van der Waals surface area contributed by atoms with Crippen LogP contribution in [-0.2, 0) is 21.6 Å². The predicted molar refractivity (Wildman–Crippen MR) is 96.1 cm³/mol. The number of carbonyl (C=O) groups excluding carboxylic acids is 1. The summed E-state index contributed by atoms with van der Waals surface area (Å²) in [7, 11) is 0. The number of aromatic nitrogens is 2. The second-order valence-electron chi connectivity index (χ2n) is 6.74. The molecule has 1 saturated carbocycles. The van der Waals surface area contributed by atoms with Gasteiger partial charge < -0.3 is 9.15 Å². The van der Waals surface area contributed by atoms with E-state index in [-0.39, 0.29) is 24.3 Å². The van der Waals surface area contributed by atoms with E-state index in [0.29, 0.717) is 18.7 Å². The summed E-state index contributed by atoms with van der Waals surface area (Å²) in [6.45, 7) is -0.0817. The summed E-state index contributed by atoms with van der Waals surface area (Å²) in [5.74, 6) is -0.0177. The monoisotopic (exact) mass is 366 g/mol. The molecule has 1 aliphatic carbocycles. The minimum Gasteiger partial charge on any atom is -0.455 e. The summed E-state index contributed by atoms with van der Waals surface area (Å²) in [6.07, 6.45) is 3.25. The Morgan fingerprint density at radius 2 is 1.74 bits per heavy atom. The van der Waals surface area contributed by atoms with E-state index in [9.17, 15) is 9.18 Å². The number of hydrogen-bond acceptors (Lipinski definition) is 5. The van der Waals surface area contributed by atoms with Crippen LogP contribution in [0.1, 0.15) is 37.1 Å². The standard InChI is InChI=1S/C21H19FN2O3/c22-17-10-8-16(9-11-17)21(12-4-5-13-21)20(25)26-14-18-23-24-19(27-18)15-6-2-1-3-7-15/h1-3,6-11H,4-5,12-14H2. The molecule has 5 nitrogen and oxygen atoms in total. The lowest BCUT2D eigenvalue weighted by molar-refractivity contribution is -0.152. The van der Waals surface area contributed by atoms with Crippen molar-refractivity contribution in [2.24, 2.45) is 0 Å². The van der Waals surface area contributed by atoms with Crippen molar-refractivity contribution in [2.45, 2.75) is 37.7 Å². The molecule has 1 heterocycles. The van der Waals surface area contributed by atoms with Gasteiger partial charge in [0.1, 0.15) is 5.82 Å². The molecule has 0 saturated heterocycles. The first-order valence-corrected chi connectivity index (χ1v) is 8.98. The SMILES string of the molecule is O=C(OCc1nnc(-c2ccccc2)o1)C1(c2ccc(F)cc2)CCCC1. The molecule has 0 atom stereocenters. The molecule has 0 amide bonds. The average molecular weight is 366 g/mol. The lowest BCUT2D eigenvalue weighted by Gasteiger charge is -2.26. The van der Waals surface area contributed by atoms with Crippen LogP contribution in [0.4, 0.5) is 4.39 Å². The van der Waals surface area contributed by atoms with Gasteiger partial charge >= 0.3 is 5.97 Å². The molecule has 0 bridgehead atoms. The van der Waals surface area contributed by atoms with Gasteiger partial charge in [0.05, 0.1) is 5.41 Å². The first-order valence-electron chi connectivity index (χ1n) is 8.98. The Hall–Kier alpha value is -3.02. The first-order chi connectivity index (χ1) is 13.2. The summed E-state index contributed by atoms with van der Waals surface area (Å²) in [5, 5.41) is 7.95. The van der Waals surface area contributed by atoms with Crippen LogP contribution in [-0.4, -0.2) is 16.2 Å². The number of nitrogens with zero attached hydrogens (tertiary/aromatic N) is 2. The molecule has 6 heteroatoms. The molecule has 0 unspecified atom stereocenters. The summed E-state index contributed by atoms with van der Waals surface area (Å²) in [6, 6.07) is 15.5. The van der Waals surface area contributed by atoms with E-state index in [1.165, 1.54) is 12.1 Å². The highest BCUT2D eigenvalue weighted by atomic mass is 19.1. The van der Waals surface area contributed by atoms with Crippen molar-refractivity contribution in [1.82, 2.24) is 10.2 Å². The zero-order valence-electron chi connectivity index (χ0n) is 14.7. The molecular weight excluding hydrogens is 347 g/mol. The Labute approximate surface area is 156 Å². The van der Waals surface area contributed by atoms with Crippen molar-refractivity contribution in [3.63, 3.8) is 0 Å². The highest BCUT2D eigenvalue weighted by molar-refractivity contribution is 5.83. The number of hydrogen-bond donors (Lipinski definition) is 0.